The van der Waals surface area contributed by atoms with Crippen LogP contribution in [0.25, 0.3) is 11.3 Å². The van der Waals surface area contributed by atoms with E-state index >= 15 is 0 Å². The van der Waals surface area contributed by atoms with Crippen LogP contribution in [-0.4, -0.2) is 21.0 Å². The van der Waals surface area contributed by atoms with Gasteiger partial charge in [-0.3, -0.25) is 4.79 Å². The van der Waals surface area contributed by atoms with E-state index in [0.29, 0.717) is 11.5 Å². The zero-order valence-electron chi connectivity index (χ0n) is 12.3. The van der Waals surface area contributed by atoms with Crippen molar-refractivity contribution in [1.29, 1.82) is 0 Å². The van der Waals surface area contributed by atoms with Crippen LogP contribution >= 0.6 is 0 Å². The van der Waals surface area contributed by atoms with Gasteiger partial charge in [-0.05, 0) is 19.4 Å². The first-order valence-corrected chi connectivity index (χ1v) is 6.98. The number of nitrogens with one attached hydrogen (secondary N) is 2. The number of amides is 1. The average Bonchev–Trinajstić information content (AvgIpc) is 3.17. The molecule has 6 heteroatoms. The Bertz CT molecular complexity index is 776. The Morgan fingerprint density at radius 2 is 2.09 bits per heavy atom. The second kappa shape index (κ2) is 5.85. The van der Waals surface area contributed by atoms with Crippen LogP contribution in [0.2, 0.25) is 0 Å². The van der Waals surface area contributed by atoms with Crippen LogP contribution in [0.5, 0.6) is 0 Å². The molecule has 112 valence electrons. The summed E-state index contributed by atoms with van der Waals surface area (Å²) in [5.74, 6) is 0.563. The highest BCUT2D eigenvalue weighted by molar-refractivity contribution is 5.91. The van der Waals surface area contributed by atoms with Gasteiger partial charge in [-0.2, -0.15) is 0 Å². The summed E-state index contributed by atoms with van der Waals surface area (Å²) in [5, 5.41) is 6.53. The predicted molar refractivity (Wildman–Crippen MR) is 81.1 cm³/mol. The predicted octanol–water partition coefficient (Wildman–Crippen LogP) is 2.86. The Balaban J connectivity index is 1.72. The fourth-order valence-electron chi connectivity index (χ4n) is 2.13. The second-order valence-electron chi connectivity index (χ2n) is 5.08. The molecule has 6 nitrogen and oxygen atoms in total. The summed E-state index contributed by atoms with van der Waals surface area (Å²) in [6.07, 6.45) is 1.76. The maximum Gasteiger partial charge on any atom is 0.290 e. The Labute approximate surface area is 127 Å². The first-order valence-electron chi connectivity index (χ1n) is 6.98. The van der Waals surface area contributed by atoms with Crippen molar-refractivity contribution in [3.63, 3.8) is 0 Å². The van der Waals surface area contributed by atoms with Crippen molar-refractivity contribution in [2.45, 2.75) is 19.9 Å². The largest absolute Gasteiger partial charge is 0.351 e. The molecule has 1 amide bonds. The second-order valence-corrected chi connectivity index (χ2v) is 5.08. The van der Waals surface area contributed by atoms with E-state index in [9.17, 15) is 4.79 Å². The topological polar surface area (TPSA) is 83.8 Å². The lowest BCUT2D eigenvalue weighted by Gasteiger charge is -2.09. The molecule has 22 heavy (non-hydrogen) atoms. The number of benzene rings is 1. The maximum atomic E-state index is 12.0. The van der Waals surface area contributed by atoms with Crippen LogP contribution in [0.1, 0.15) is 35.0 Å². The van der Waals surface area contributed by atoms with E-state index in [1.807, 2.05) is 37.3 Å². The zero-order valence-corrected chi connectivity index (χ0v) is 12.3. The lowest BCUT2D eigenvalue weighted by atomic mass is 10.2. The van der Waals surface area contributed by atoms with Gasteiger partial charge in [0.25, 0.3) is 5.91 Å². The van der Waals surface area contributed by atoms with Crippen LogP contribution in [-0.2, 0) is 0 Å². The van der Waals surface area contributed by atoms with Crippen molar-refractivity contribution < 1.29 is 9.32 Å². The minimum Gasteiger partial charge on any atom is -0.351 e. The van der Waals surface area contributed by atoms with Gasteiger partial charge in [0.2, 0.25) is 5.76 Å². The molecular weight excluding hydrogens is 280 g/mol. The maximum absolute atomic E-state index is 12.0. The molecule has 0 fully saturated rings. The van der Waals surface area contributed by atoms with Crippen LogP contribution in [0.4, 0.5) is 0 Å². The normalized spacial score (nSPS) is 12.1. The third-order valence-electron chi connectivity index (χ3n) is 3.29. The van der Waals surface area contributed by atoms with E-state index in [0.717, 1.165) is 11.3 Å². The molecular formula is C16H16N4O2. The summed E-state index contributed by atoms with van der Waals surface area (Å²) in [6, 6.07) is 11.2. The molecule has 3 rings (SSSR count). The van der Waals surface area contributed by atoms with Gasteiger partial charge in [0.05, 0.1) is 23.6 Å². The van der Waals surface area contributed by atoms with Crippen molar-refractivity contribution in [1.82, 2.24) is 20.4 Å². The first-order chi connectivity index (χ1) is 10.6. The summed E-state index contributed by atoms with van der Waals surface area (Å²) in [7, 11) is 0. The van der Waals surface area contributed by atoms with Gasteiger partial charge in [-0.15, -0.1) is 0 Å². The van der Waals surface area contributed by atoms with Gasteiger partial charge in [0.15, 0.2) is 0 Å². The molecule has 0 bridgehead atoms. The van der Waals surface area contributed by atoms with Crippen LogP contribution < -0.4 is 5.32 Å². The molecule has 0 saturated heterocycles. The van der Waals surface area contributed by atoms with Crippen molar-refractivity contribution in [2.75, 3.05) is 0 Å². The quantitative estimate of drug-likeness (QED) is 0.775. The van der Waals surface area contributed by atoms with E-state index < -0.39 is 0 Å². The lowest BCUT2D eigenvalue weighted by Crippen LogP contribution is -2.27. The van der Waals surface area contributed by atoms with Crippen molar-refractivity contribution in [2.24, 2.45) is 0 Å². The third-order valence-corrected chi connectivity index (χ3v) is 3.29. The number of hydrogen-bond donors (Lipinski definition) is 2. The molecule has 0 radical (unpaired) electrons. The SMILES string of the molecule is Cc1cc(C(=O)N[C@@H](C)c2ncc(-c3ccccc3)[nH]2)on1. The van der Waals surface area contributed by atoms with Crippen LogP contribution in [0.3, 0.4) is 0 Å². The highest BCUT2D eigenvalue weighted by Crippen LogP contribution is 2.19. The number of H-pyrrole nitrogens is 1. The Hall–Kier alpha value is -2.89. The van der Waals surface area contributed by atoms with Gasteiger partial charge in [0, 0.05) is 6.07 Å². The molecule has 2 heterocycles. The number of hydrogen-bond acceptors (Lipinski definition) is 4. The van der Waals surface area contributed by atoms with E-state index in [1.54, 1.807) is 19.2 Å². The Morgan fingerprint density at radius 1 is 1.32 bits per heavy atom. The van der Waals surface area contributed by atoms with Crippen molar-refractivity contribution in [3.8, 4) is 11.3 Å². The molecule has 0 aliphatic carbocycles. The highest BCUT2D eigenvalue weighted by atomic mass is 16.5. The molecule has 0 saturated carbocycles. The monoisotopic (exact) mass is 296 g/mol. The standard InChI is InChI=1S/C16H16N4O2/c1-10-8-14(22-20-10)16(21)18-11(2)15-17-9-13(19-15)12-6-4-3-5-7-12/h3-9,11H,1-2H3,(H,17,19)(H,18,21)/t11-/m0/s1. The van der Waals surface area contributed by atoms with Gasteiger partial charge in [0.1, 0.15) is 5.82 Å². The molecule has 0 aliphatic heterocycles. The molecule has 0 aliphatic rings. The Morgan fingerprint density at radius 3 is 2.77 bits per heavy atom. The molecule has 0 spiro atoms. The summed E-state index contributed by atoms with van der Waals surface area (Å²) in [6.45, 7) is 3.62. The molecule has 1 aromatic carbocycles. The van der Waals surface area contributed by atoms with Gasteiger partial charge < -0.3 is 14.8 Å². The van der Waals surface area contributed by atoms with E-state index in [2.05, 4.69) is 20.4 Å². The minimum atomic E-state index is -0.314. The minimum absolute atomic E-state index is 0.194. The third kappa shape index (κ3) is 2.90. The van der Waals surface area contributed by atoms with Crippen molar-refractivity contribution in [3.05, 3.63) is 59.9 Å². The first kappa shape index (κ1) is 14.1. The summed E-state index contributed by atoms with van der Waals surface area (Å²) < 4.78 is 4.94. The van der Waals surface area contributed by atoms with Crippen molar-refractivity contribution >= 4 is 5.91 Å². The highest BCUT2D eigenvalue weighted by Gasteiger charge is 2.17. The lowest BCUT2D eigenvalue weighted by molar-refractivity contribution is 0.0901. The summed E-state index contributed by atoms with van der Waals surface area (Å²) >= 11 is 0. The number of aromatic amines is 1. The summed E-state index contributed by atoms with van der Waals surface area (Å²) in [5.41, 5.74) is 2.63. The van der Waals surface area contributed by atoms with E-state index in [4.69, 9.17) is 4.52 Å². The summed E-state index contributed by atoms with van der Waals surface area (Å²) in [4.78, 5) is 19.6. The van der Waals surface area contributed by atoms with Gasteiger partial charge >= 0.3 is 0 Å². The number of carbonyl (C=O) groups is 1. The Kier molecular flexibility index (Phi) is 3.74. The molecule has 3 aromatic rings. The number of imidazole rings is 1. The molecule has 0 unspecified atom stereocenters. The molecule has 2 aromatic heterocycles. The van der Waals surface area contributed by atoms with E-state index in [1.165, 1.54) is 0 Å². The van der Waals surface area contributed by atoms with Crippen LogP contribution in [0.15, 0.2) is 47.1 Å². The van der Waals surface area contributed by atoms with Gasteiger partial charge in [-0.1, -0.05) is 35.5 Å². The number of aryl methyl sites for hydroxylation is 1. The number of carbonyl (C=O) groups excluding carboxylic acids is 1. The average molecular weight is 296 g/mol. The number of rotatable bonds is 4. The fourth-order valence-corrected chi connectivity index (χ4v) is 2.13. The molecule has 1 atom stereocenters. The van der Waals surface area contributed by atoms with Crippen LogP contribution in [0, 0.1) is 6.92 Å². The number of nitrogens with zero attached hydrogens (tertiary/aromatic N) is 2. The fraction of sp³-hybridized carbons (Fsp3) is 0.188. The van der Waals surface area contributed by atoms with Gasteiger partial charge in [-0.25, -0.2) is 4.98 Å². The zero-order chi connectivity index (χ0) is 15.5. The van der Waals surface area contributed by atoms with E-state index in [-0.39, 0.29) is 17.7 Å². The molecule has 2 N–H and O–H groups in total. The smallest absolute Gasteiger partial charge is 0.290 e. The number of aromatic nitrogens is 3.